The van der Waals surface area contributed by atoms with Crippen LogP contribution < -0.4 is 5.32 Å². The van der Waals surface area contributed by atoms with Crippen LogP contribution in [-0.4, -0.2) is 15.9 Å². The maximum absolute atomic E-state index is 10.7. The average molecular weight is 249 g/mol. The van der Waals surface area contributed by atoms with Crippen LogP contribution >= 0.6 is 0 Å². The lowest BCUT2D eigenvalue weighted by atomic mass is 9.86. The summed E-state index contributed by atoms with van der Waals surface area (Å²) in [6, 6.07) is 2.20. The van der Waals surface area contributed by atoms with Crippen molar-refractivity contribution >= 4 is 11.5 Å². The Morgan fingerprint density at radius 3 is 2.78 bits per heavy atom. The van der Waals surface area contributed by atoms with E-state index < -0.39 is 4.92 Å². The summed E-state index contributed by atoms with van der Waals surface area (Å²) in [5.41, 5.74) is 0.734. The van der Waals surface area contributed by atoms with Gasteiger partial charge in [0.1, 0.15) is 12.0 Å². The molecule has 5 heteroatoms. The van der Waals surface area contributed by atoms with Gasteiger partial charge in [-0.1, -0.05) is 19.8 Å². The number of nitrogens with zero attached hydrogens (tertiary/aromatic N) is 2. The lowest BCUT2D eigenvalue weighted by molar-refractivity contribution is -0.385. The molecule has 1 heterocycles. The molecule has 2 rings (SSSR count). The van der Waals surface area contributed by atoms with Gasteiger partial charge in [0.25, 0.3) is 5.69 Å². The van der Waals surface area contributed by atoms with Crippen molar-refractivity contribution in [3.05, 3.63) is 27.9 Å². The molecule has 0 aromatic carbocycles. The Balaban J connectivity index is 2.10. The molecular weight excluding hydrogens is 230 g/mol. The second kappa shape index (κ2) is 5.33. The first-order chi connectivity index (χ1) is 8.58. The number of aryl methyl sites for hydroxylation is 1. The Hall–Kier alpha value is -1.65. The molecule has 1 aromatic rings. The minimum absolute atomic E-state index is 0.0808. The van der Waals surface area contributed by atoms with Crippen LogP contribution in [0.3, 0.4) is 0 Å². The van der Waals surface area contributed by atoms with Crippen molar-refractivity contribution in [2.75, 3.05) is 5.32 Å². The van der Waals surface area contributed by atoms with E-state index in [0.717, 1.165) is 12.2 Å². The number of anilines is 1. The first kappa shape index (κ1) is 12.8. The van der Waals surface area contributed by atoms with Gasteiger partial charge in [-0.2, -0.15) is 0 Å². The van der Waals surface area contributed by atoms with E-state index in [1.54, 1.807) is 13.0 Å². The molecule has 2 unspecified atom stereocenters. The quantitative estimate of drug-likeness (QED) is 0.659. The van der Waals surface area contributed by atoms with Gasteiger partial charge < -0.3 is 5.32 Å². The van der Waals surface area contributed by atoms with Crippen LogP contribution in [0.1, 0.15) is 38.2 Å². The maximum atomic E-state index is 10.7. The fourth-order valence-electron chi connectivity index (χ4n) is 2.54. The van der Waals surface area contributed by atoms with Crippen LogP contribution in [0.2, 0.25) is 0 Å². The standard InChI is InChI=1S/C13H19N3O2/c1-9-5-3-4-6-11(9)15-13-7-10(2)12(8-14-13)16(17)18/h7-9,11H,3-6H2,1-2H3,(H,14,15). The molecule has 1 saturated carbocycles. The molecule has 0 radical (unpaired) electrons. The number of hydrogen-bond acceptors (Lipinski definition) is 4. The summed E-state index contributed by atoms with van der Waals surface area (Å²) in [5.74, 6) is 1.38. The van der Waals surface area contributed by atoms with Crippen molar-refractivity contribution in [3.63, 3.8) is 0 Å². The number of aromatic nitrogens is 1. The highest BCUT2D eigenvalue weighted by molar-refractivity contribution is 5.47. The van der Waals surface area contributed by atoms with E-state index in [1.165, 1.54) is 25.5 Å². The van der Waals surface area contributed by atoms with E-state index in [4.69, 9.17) is 0 Å². The van der Waals surface area contributed by atoms with Crippen molar-refractivity contribution in [2.45, 2.75) is 45.6 Å². The number of rotatable bonds is 3. The highest BCUT2D eigenvalue weighted by atomic mass is 16.6. The molecule has 1 fully saturated rings. The molecule has 1 aliphatic rings. The third kappa shape index (κ3) is 2.78. The molecule has 1 aliphatic carbocycles. The largest absolute Gasteiger partial charge is 0.367 e. The highest BCUT2D eigenvalue weighted by Crippen LogP contribution is 2.27. The van der Waals surface area contributed by atoms with E-state index in [2.05, 4.69) is 17.2 Å². The Kier molecular flexibility index (Phi) is 3.79. The van der Waals surface area contributed by atoms with Gasteiger partial charge in [-0.15, -0.1) is 0 Å². The zero-order chi connectivity index (χ0) is 13.1. The van der Waals surface area contributed by atoms with Gasteiger partial charge in [0.15, 0.2) is 0 Å². The molecule has 0 spiro atoms. The highest BCUT2D eigenvalue weighted by Gasteiger charge is 2.22. The van der Waals surface area contributed by atoms with Crippen molar-refractivity contribution in [2.24, 2.45) is 5.92 Å². The lowest BCUT2D eigenvalue weighted by Crippen LogP contribution is -2.30. The van der Waals surface area contributed by atoms with Crippen LogP contribution in [0, 0.1) is 23.0 Å². The number of nitrogens with one attached hydrogen (secondary N) is 1. The van der Waals surface area contributed by atoms with E-state index >= 15 is 0 Å². The summed E-state index contributed by atoms with van der Waals surface area (Å²) in [7, 11) is 0. The minimum atomic E-state index is -0.394. The third-order valence-electron chi connectivity index (χ3n) is 3.72. The van der Waals surface area contributed by atoms with Gasteiger partial charge in [0, 0.05) is 11.6 Å². The zero-order valence-corrected chi connectivity index (χ0v) is 10.8. The number of pyridine rings is 1. The van der Waals surface area contributed by atoms with Crippen molar-refractivity contribution in [1.82, 2.24) is 4.98 Å². The SMILES string of the molecule is Cc1cc(NC2CCCCC2C)ncc1[N+](=O)[O-]. The molecule has 2 atom stereocenters. The summed E-state index contributed by atoms with van der Waals surface area (Å²) in [6.45, 7) is 3.99. The molecule has 0 amide bonds. The van der Waals surface area contributed by atoms with Gasteiger partial charge in [0.05, 0.1) is 4.92 Å². The van der Waals surface area contributed by atoms with Gasteiger partial charge >= 0.3 is 0 Å². The molecule has 0 saturated heterocycles. The molecule has 0 aliphatic heterocycles. The van der Waals surface area contributed by atoms with Crippen LogP contribution in [-0.2, 0) is 0 Å². The Morgan fingerprint density at radius 2 is 2.17 bits per heavy atom. The monoisotopic (exact) mass is 249 g/mol. The second-order valence-corrected chi connectivity index (χ2v) is 5.13. The second-order valence-electron chi connectivity index (χ2n) is 5.13. The lowest BCUT2D eigenvalue weighted by Gasteiger charge is -2.29. The first-order valence-corrected chi connectivity index (χ1v) is 6.45. The number of hydrogen-bond donors (Lipinski definition) is 1. The van der Waals surface area contributed by atoms with E-state index in [1.807, 2.05) is 0 Å². The van der Waals surface area contributed by atoms with Gasteiger partial charge in [-0.3, -0.25) is 10.1 Å². The smallest absolute Gasteiger partial charge is 0.290 e. The third-order valence-corrected chi connectivity index (χ3v) is 3.72. The van der Waals surface area contributed by atoms with Gasteiger partial charge in [-0.05, 0) is 31.7 Å². The Morgan fingerprint density at radius 1 is 1.44 bits per heavy atom. The Bertz CT molecular complexity index is 448. The summed E-state index contributed by atoms with van der Waals surface area (Å²) in [6.07, 6.45) is 6.27. The number of nitro groups is 1. The van der Waals surface area contributed by atoms with Crippen LogP contribution in [0.15, 0.2) is 12.3 Å². The van der Waals surface area contributed by atoms with Crippen LogP contribution in [0.4, 0.5) is 11.5 Å². The van der Waals surface area contributed by atoms with E-state index in [0.29, 0.717) is 17.5 Å². The molecule has 1 N–H and O–H groups in total. The Labute approximate surface area is 107 Å². The van der Waals surface area contributed by atoms with E-state index in [-0.39, 0.29) is 5.69 Å². The fourth-order valence-corrected chi connectivity index (χ4v) is 2.54. The zero-order valence-electron chi connectivity index (χ0n) is 10.8. The molecule has 0 bridgehead atoms. The average Bonchev–Trinajstić information content (AvgIpc) is 2.32. The molecule has 98 valence electrons. The van der Waals surface area contributed by atoms with Crippen LogP contribution in [0.5, 0.6) is 0 Å². The van der Waals surface area contributed by atoms with Gasteiger partial charge in [-0.25, -0.2) is 4.98 Å². The normalized spacial score (nSPS) is 23.7. The summed E-state index contributed by atoms with van der Waals surface area (Å²) in [4.78, 5) is 14.5. The summed E-state index contributed by atoms with van der Waals surface area (Å²) in [5, 5.41) is 14.1. The van der Waals surface area contributed by atoms with Crippen molar-refractivity contribution in [1.29, 1.82) is 0 Å². The van der Waals surface area contributed by atoms with E-state index in [9.17, 15) is 10.1 Å². The predicted molar refractivity (Wildman–Crippen MR) is 70.7 cm³/mol. The molecule has 5 nitrogen and oxygen atoms in total. The molecular formula is C13H19N3O2. The maximum Gasteiger partial charge on any atom is 0.290 e. The van der Waals surface area contributed by atoms with Crippen molar-refractivity contribution < 1.29 is 4.92 Å². The molecule has 1 aromatic heterocycles. The first-order valence-electron chi connectivity index (χ1n) is 6.45. The van der Waals surface area contributed by atoms with Crippen molar-refractivity contribution in [3.8, 4) is 0 Å². The topological polar surface area (TPSA) is 68.1 Å². The van der Waals surface area contributed by atoms with Gasteiger partial charge in [0.2, 0.25) is 0 Å². The fraction of sp³-hybridized carbons (Fsp3) is 0.615. The summed E-state index contributed by atoms with van der Waals surface area (Å²) < 4.78 is 0. The predicted octanol–water partition coefficient (Wildman–Crippen LogP) is 3.29. The van der Waals surface area contributed by atoms with Crippen LogP contribution in [0.25, 0.3) is 0 Å². The molecule has 18 heavy (non-hydrogen) atoms. The minimum Gasteiger partial charge on any atom is -0.367 e. The summed E-state index contributed by atoms with van der Waals surface area (Å²) >= 11 is 0.